The number of aldehydes is 2. The van der Waals surface area contributed by atoms with Gasteiger partial charge in [0.25, 0.3) is 0 Å². The highest BCUT2D eigenvalue weighted by molar-refractivity contribution is 7.99. The van der Waals surface area contributed by atoms with E-state index in [1.54, 1.807) is 71.7 Å². The number of rotatable bonds is 11. The van der Waals surface area contributed by atoms with Crippen LogP contribution in [0.2, 0.25) is 0 Å². The van der Waals surface area contributed by atoms with Crippen LogP contribution in [0.4, 0.5) is 4.39 Å². The second-order valence-corrected chi connectivity index (χ2v) is 15.1. The summed E-state index contributed by atoms with van der Waals surface area (Å²) in [5.74, 6) is 2.98. The number of halogens is 1. The highest BCUT2D eigenvalue weighted by atomic mass is 32.2. The molecule has 1 aliphatic rings. The van der Waals surface area contributed by atoms with Crippen molar-refractivity contribution in [2.75, 3.05) is 32.9 Å². The third-order valence-corrected chi connectivity index (χ3v) is 9.91. The second-order valence-electron chi connectivity index (χ2n) is 11.8. The van der Waals surface area contributed by atoms with E-state index in [2.05, 4.69) is 57.2 Å². The maximum Gasteiger partial charge on any atom is 0.367 e. The average Bonchev–Trinajstić information content (AvgIpc) is 3.25. The number of phenols is 1. The van der Waals surface area contributed by atoms with Gasteiger partial charge in [-0.15, -0.1) is 35.3 Å². The van der Waals surface area contributed by atoms with Gasteiger partial charge in [-0.25, -0.2) is 4.39 Å². The van der Waals surface area contributed by atoms with Crippen molar-refractivity contribution < 1.29 is 46.5 Å². The van der Waals surface area contributed by atoms with Crippen LogP contribution in [-0.2, 0) is 31.6 Å². The zero-order valence-electron chi connectivity index (χ0n) is 32.9. The van der Waals surface area contributed by atoms with Crippen LogP contribution in [0.15, 0.2) is 160 Å². The summed E-state index contributed by atoms with van der Waals surface area (Å²) in [4.78, 5) is 26.6. The molecule has 0 amide bonds. The number of ether oxygens (including phenoxy) is 2. The molecule has 0 saturated carbocycles. The van der Waals surface area contributed by atoms with E-state index in [0.29, 0.717) is 23.3 Å². The summed E-state index contributed by atoms with van der Waals surface area (Å²) >= 11 is 3.47. The lowest BCUT2D eigenvalue weighted by Crippen LogP contribution is -2.12. The fourth-order valence-electron chi connectivity index (χ4n) is 4.49. The third kappa shape index (κ3) is 18.7. The molecule has 0 radical (unpaired) electrons. The Morgan fingerprint density at radius 3 is 1.42 bits per heavy atom. The third-order valence-electron chi connectivity index (χ3n) is 7.35. The highest BCUT2D eigenvalue weighted by Crippen LogP contribution is 2.28. The van der Waals surface area contributed by atoms with Gasteiger partial charge in [0.2, 0.25) is 0 Å². The molecule has 1 saturated heterocycles. The SMILES string of the molecule is CSc1ccc(O)cc1.CSc1ccc(Oc2ccccc2C=O)cc1.CSc1ccc(Oc2ccccc2CN(C)C)cc1.O=Cc1ccccc1F.O=S1OOO1. The molecule has 7 rings (SSSR count). The lowest BCUT2D eigenvalue weighted by atomic mass is 10.2. The lowest BCUT2D eigenvalue weighted by molar-refractivity contribution is -0.469. The summed E-state index contributed by atoms with van der Waals surface area (Å²) in [5, 5.41) is 12.4. The molecule has 0 spiro atoms. The Bertz CT molecular complexity index is 2150. The van der Waals surface area contributed by atoms with E-state index >= 15 is 0 Å². The van der Waals surface area contributed by atoms with Crippen molar-refractivity contribution in [3.05, 3.63) is 168 Å². The Hall–Kier alpha value is -4.97. The molecule has 1 N–H and O–H groups in total. The molecule has 0 aliphatic carbocycles. The summed E-state index contributed by atoms with van der Waals surface area (Å²) < 4.78 is 40.8. The maximum absolute atomic E-state index is 12.4. The van der Waals surface area contributed by atoms with Gasteiger partial charge in [-0.05, 0) is 141 Å². The van der Waals surface area contributed by atoms with Crippen LogP contribution in [0.1, 0.15) is 26.3 Å². The molecule has 0 bridgehead atoms. The van der Waals surface area contributed by atoms with E-state index in [1.165, 1.54) is 32.4 Å². The number of aromatic hydroxyl groups is 1. The van der Waals surface area contributed by atoms with Gasteiger partial charge in [0, 0.05) is 26.8 Å². The van der Waals surface area contributed by atoms with Crippen LogP contribution < -0.4 is 9.47 Å². The molecule has 6 aromatic rings. The average molecular weight is 878 g/mol. The number of thioether (sulfide) groups is 3. The minimum Gasteiger partial charge on any atom is -0.508 e. The van der Waals surface area contributed by atoms with E-state index in [4.69, 9.17) is 14.6 Å². The van der Waals surface area contributed by atoms with Crippen molar-refractivity contribution in [2.45, 2.75) is 21.2 Å². The first-order valence-electron chi connectivity index (χ1n) is 17.5. The van der Waals surface area contributed by atoms with E-state index < -0.39 is 17.2 Å². The summed E-state index contributed by atoms with van der Waals surface area (Å²) in [6.45, 7) is 0.874. The Kier molecular flexibility index (Phi) is 22.7. The van der Waals surface area contributed by atoms with Gasteiger partial charge in [0.15, 0.2) is 12.6 Å². The number of phenolic OH excluding ortho intramolecular Hbond substituents is 1. The Balaban J connectivity index is 0.000000211. The zero-order chi connectivity index (χ0) is 42.8. The predicted molar refractivity (Wildman–Crippen MR) is 235 cm³/mol. The molecule has 15 heteroatoms. The van der Waals surface area contributed by atoms with Crippen molar-refractivity contribution in [2.24, 2.45) is 0 Å². The van der Waals surface area contributed by atoms with E-state index in [-0.39, 0.29) is 5.56 Å². The summed E-state index contributed by atoms with van der Waals surface area (Å²) in [5.41, 5.74) is 1.86. The Morgan fingerprint density at radius 1 is 0.610 bits per heavy atom. The molecule has 1 aliphatic heterocycles. The standard InChI is InChI=1S/C16H19NOS.C14H12O2S.C7H5FO.C7H8OS.O4S/c1-17(2)12-13-6-4-5-7-16(13)18-14-8-10-15(19-3)11-9-14;1-17-13-8-6-12(7-9-13)16-14-5-3-2-4-11(14)10-15;8-7-4-2-1-3-6(7)5-9;1-9-7-4-2-6(8)3-5-7;1-5-3-2-4-5/h4-11H,12H2,1-3H3;2-10H,1H3;1-5H;2-5,8H,1H3;. The van der Waals surface area contributed by atoms with Crippen molar-refractivity contribution in [1.82, 2.24) is 4.90 Å². The molecule has 10 nitrogen and oxygen atoms in total. The topological polar surface area (TPSA) is 121 Å². The Labute approximate surface area is 359 Å². The van der Waals surface area contributed by atoms with Gasteiger partial charge in [-0.3, -0.25) is 9.59 Å². The monoisotopic (exact) mass is 877 g/mol. The quantitative estimate of drug-likeness (QED) is 0.0756. The van der Waals surface area contributed by atoms with Crippen molar-refractivity contribution in [3.63, 3.8) is 0 Å². The van der Waals surface area contributed by atoms with Crippen molar-refractivity contribution in [1.29, 1.82) is 0 Å². The van der Waals surface area contributed by atoms with Crippen LogP contribution in [-0.4, -0.2) is 59.7 Å². The highest BCUT2D eigenvalue weighted by Gasteiger charge is 2.14. The number of carbonyl (C=O) groups excluding carboxylic acids is 2. The molecule has 1 heterocycles. The van der Waals surface area contributed by atoms with Crippen LogP contribution in [0.5, 0.6) is 28.7 Å². The number of benzene rings is 6. The van der Waals surface area contributed by atoms with Crippen LogP contribution in [0.25, 0.3) is 0 Å². The molecule has 0 unspecified atom stereocenters. The Morgan fingerprint density at radius 2 is 1.02 bits per heavy atom. The number of hydrogen-bond donors (Lipinski definition) is 1. The molecular formula is C44H44FNO9S4. The maximum atomic E-state index is 12.4. The van der Waals surface area contributed by atoms with Gasteiger partial charge in [-0.1, -0.05) is 51.1 Å². The fourth-order valence-corrected chi connectivity index (χ4v) is 5.82. The van der Waals surface area contributed by atoms with Gasteiger partial charge in [0.05, 0.1) is 11.1 Å². The zero-order valence-corrected chi connectivity index (χ0v) is 36.2. The summed E-state index contributed by atoms with van der Waals surface area (Å²) in [6.07, 6.45) is 7.40. The molecule has 59 heavy (non-hydrogen) atoms. The molecular weight excluding hydrogens is 834 g/mol. The first kappa shape index (κ1) is 48.4. The lowest BCUT2D eigenvalue weighted by Gasteiger charge is -2.14. The molecule has 0 aromatic heterocycles. The van der Waals surface area contributed by atoms with E-state index in [0.717, 1.165) is 30.1 Å². The van der Waals surface area contributed by atoms with Crippen molar-refractivity contribution in [3.8, 4) is 28.7 Å². The summed E-state index contributed by atoms with van der Waals surface area (Å²) in [7, 11) is 4.12. The number of carbonyl (C=O) groups is 2. The van der Waals surface area contributed by atoms with Crippen LogP contribution >= 0.6 is 35.3 Å². The molecule has 6 aromatic carbocycles. The molecule has 310 valence electrons. The molecule has 1 fully saturated rings. The second kappa shape index (κ2) is 27.7. The van der Waals surface area contributed by atoms with Gasteiger partial charge in [0.1, 0.15) is 34.6 Å². The van der Waals surface area contributed by atoms with E-state index in [9.17, 15) is 18.2 Å². The van der Waals surface area contributed by atoms with E-state index in [1.807, 2.05) is 91.4 Å². The molecule has 0 atom stereocenters. The smallest absolute Gasteiger partial charge is 0.367 e. The number of nitrogens with zero attached hydrogens (tertiary/aromatic N) is 1. The first-order chi connectivity index (χ1) is 28.6. The fraction of sp³-hybridized carbons (Fsp3) is 0.136. The summed E-state index contributed by atoms with van der Waals surface area (Å²) in [6, 6.07) is 44.3. The van der Waals surface area contributed by atoms with Crippen LogP contribution in [0.3, 0.4) is 0 Å². The number of para-hydroxylation sites is 2. The van der Waals surface area contributed by atoms with Gasteiger partial charge in [-0.2, -0.15) is 4.21 Å². The number of hydrogen-bond acceptors (Lipinski definition) is 13. The predicted octanol–water partition coefficient (Wildman–Crippen LogP) is 11.5. The van der Waals surface area contributed by atoms with Gasteiger partial charge < -0.3 is 19.5 Å². The van der Waals surface area contributed by atoms with Crippen molar-refractivity contribution >= 4 is 59.2 Å². The largest absolute Gasteiger partial charge is 0.508 e. The minimum absolute atomic E-state index is 0.109. The van der Waals surface area contributed by atoms with Crippen LogP contribution in [0, 0.1) is 5.82 Å². The van der Waals surface area contributed by atoms with Gasteiger partial charge >= 0.3 is 11.4 Å². The normalized spacial score (nSPS) is 11.3. The minimum atomic E-state index is -1.61. The first-order valence-corrected chi connectivity index (χ1v) is 22.1.